The van der Waals surface area contributed by atoms with E-state index >= 15 is 0 Å². The molecule has 0 aliphatic carbocycles. The molecule has 1 heterocycles. The minimum Gasteiger partial charge on any atom is -0.378 e. The van der Waals surface area contributed by atoms with Crippen molar-refractivity contribution in [2.45, 2.75) is 31.4 Å². The fraction of sp³-hybridized carbons (Fsp3) is 0.500. The Labute approximate surface area is 108 Å². The summed E-state index contributed by atoms with van der Waals surface area (Å²) in [5.74, 6) is -0.126. The van der Waals surface area contributed by atoms with Crippen LogP contribution in [-0.2, 0) is 9.53 Å². The van der Waals surface area contributed by atoms with Crippen molar-refractivity contribution in [2.75, 3.05) is 13.2 Å². The number of amides is 1. The molecule has 1 saturated heterocycles. The highest BCUT2D eigenvalue weighted by atomic mass is 16.5. The van der Waals surface area contributed by atoms with Gasteiger partial charge in [0, 0.05) is 13.2 Å². The van der Waals surface area contributed by atoms with Crippen LogP contribution < -0.4 is 11.1 Å². The number of ether oxygens (including phenoxy) is 1. The van der Waals surface area contributed by atoms with E-state index in [1.54, 1.807) is 0 Å². The van der Waals surface area contributed by atoms with Crippen molar-refractivity contribution in [3.63, 3.8) is 0 Å². The van der Waals surface area contributed by atoms with Crippen molar-refractivity contribution < 1.29 is 9.53 Å². The first-order chi connectivity index (χ1) is 8.77. The summed E-state index contributed by atoms with van der Waals surface area (Å²) in [7, 11) is 0. The van der Waals surface area contributed by atoms with Gasteiger partial charge in [0.2, 0.25) is 5.91 Å². The molecule has 1 aromatic carbocycles. The van der Waals surface area contributed by atoms with Crippen LogP contribution in [-0.4, -0.2) is 25.2 Å². The van der Waals surface area contributed by atoms with Crippen molar-refractivity contribution in [3.8, 4) is 0 Å². The van der Waals surface area contributed by atoms with Crippen molar-refractivity contribution in [1.29, 1.82) is 0 Å². The topological polar surface area (TPSA) is 64.4 Å². The van der Waals surface area contributed by atoms with Crippen molar-refractivity contribution >= 4 is 5.91 Å². The largest absolute Gasteiger partial charge is 0.378 e. The summed E-state index contributed by atoms with van der Waals surface area (Å²) in [6.45, 7) is 1.48. The quantitative estimate of drug-likeness (QED) is 0.827. The lowest BCUT2D eigenvalue weighted by Gasteiger charge is -2.14. The number of rotatable bonds is 5. The molecule has 2 unspecified atom stereocenters. The van der Waals surface area contributed by atoms with Gasteiger partial charge >= 0.3 is 0 Å². The summed E-state index contributed by atoms with van der Waals surface area (Å²) in [4.78, 5) is 11.8. The molecule has 1 aliphatic heterocycles. The smallest absolute Gasteiger partial charge is 0.241 e. The third-order valence-corrected chi connectivity index (χ3v) is 3.23. The predicted octanol–water partition coefficient (Wildman–Crippen LogP) is 1.37. The zero-order valence-electron chi connectivity index (χ0n) is 10.5. The highest BCUT2D eigenvalue weighted by Crippen LogP contribution is 2.14. The van der Waals surface area contributed by atoms with E-state index in [9.17, 15) is 4.79 Å². The molecule has 4 heteroatoms. The van der Waals surface area contributed by atoms with Gasteiger partial charge in [0.1, 0.15) is 6.04 Å². The highest BCUT2D eigenvalue weighted by molar-refractivity contribution is 5.82. The van der Waals surface area contributed by atoms with Crippen LogP contribution in [0.5, 0.6) is 0 Å². The van der Waals surface area contributed by atoms with Gasteiger partial charge in [-0.15, -0.1) is 0 Å². The van der Waals surface area contributed by atoms with Crippen molar-refractivity contribution in [1.82, 2.24) is 5.32 Å². The van der Waals surface area contributed by atoms with Crippen LogP contribution >= 0.6 is 0 Å². The predicted molar refractivity (Wildman–Crippen MR) is 70.0 cm³/mol. The fourth-order valence-electron chi connectivity index (χ4n) is 2.15. The number of carbonyl (C=O) groups excluding carboxylic acids is 1. The number of carbonyl (C=O) groups is 1. The van der Waals surface area contributed by atoms with E-state index in [2.05, 4.69) is 5.32 Å². The second-order valence-electron chi connectivity index (χ2n) is 4.60. The van der Waals surface area contributed by atoms with Gasteiger partial charge in [-0.05, 0) is 24.8 Å². The molecule has 0 bridgehead atoms. The number of hydrogen-bond acceptors (Lipinski definition) is 3. The van der Waals surface area contributed by atoms with Gasteiger partial charge in [-0.2, -0.15) is 0 Å². The van der Waals surface area contributed by atoms with Crippen molar-refractivity contribution in [3.05, 3.63) is 35.9 Å². The number of benzene rings is 1. The van der Waals surface area contributed by atoms with Gasteiger partial charge in [0.15, 0.2) is 0 Å². The van der Waals surface area contributed by atoms with Gasteiger partial charge in [-0.1, -0.05) is 30.3 Å². The first-order valence-corrected chi connectivity index (χ1v) is 6.47. The van der Waals surface area contributed by atoms with Crippen LogP contribution in [0.1, 0.15) is 30.9 Å². The molecule has 2 rings (SSSR count). The molecule has 4 nitrogen and oxygen atoms in total. The first-order valence-electron chi connectivity index (χ1n) is 6.47. The molecule has 3 N–H and O–H groups in total. The van der Waals surface area contributed by atoms with E-state index in [1.807, 2.05) is 30.3 Å². The summed E-state index contributed by atoms with van der Waals surface area (Å²) in [6.07, 6.45) is 3.40. The van der Waals surface area contributed by atoms with Gasteiger partial charge in [0.25, 0.3) is 0 Å². The highest BCUT2D eigenvalue weighted by Gasteiger charge is 2.17. The SMILES string of the molecule is NC(C(=O)NCCC1CCCO1)c1ccccc1. The summed E-state index contributed by atoms with van der Waals surface area (Å²) in [5, 5.41) is 2.86. The average Bonchev–Trinajstić information content (AvgIpc) is 2.92. The average molecular weight is 248 g/mol. The van der Waals surface area contributed by atoms with E-state index in [4.69, 9.17) is 10.5 Å². The Hall–Kier alpha value is -1.39. The van der Waals surface area contributed by atoms with Crippen LogP contribution in [0.15, 0.2) is 30.3 Å². The van der Waals surface area contributed by atoms with Crippen LogP contribution in [0.3, 0.4) is 0 Å². The van der Waals surface area contributed by atoms with Crippen LogP contribution in [0.2, 0.25) is 0 Å². The monoisotopic (exact) mass is 248 g/mol. The van der Waals surface area contributed by atoms with E-state index in [1.165, 1.54) is 0 Å². The second kappa shape index (κ2) is 6.52. The Balaban J connectivity index is 1.74. The fourth-order valence-corrected chi connectivity index (χ4v) is 2.15. The van der Waals surface area contributed by atoms with Gasteiger partial charge in [0.05, 0.1) is 6.10 Å². The number of nitrogens with one attached hydrogen (secondary N) is 1. The van der Waals surface area contributed by atoms with Gasteiger partial charge in [-0.3, -0.25) is 4.79 Å². The van der Waals surface area contributed by atoms with E-state index in [-0.39, 0.29) is 5.91 Å². The maximum absolute atomic E-state index is 11.8. The summed E-state index contributed by atoms with van der Waals surface area (Å²) in [5.41, 5.74) is 6.73. The zero-order valence-corrected chi connectivity index (χ0v) is 10.5. The number of nitrogens with two attached hydrogens (primary N) is 1. The molecule has 98 valence electrons. The standard InChI is InChI=1S/C14H20N2O2/c15-13(11-5-2-1-3-6-11)14(17)16-9-8-12-7-4-10-18-12/h1-3,5-6,12-13H,4,7-10,15H2,(H,16,17). The Morgan fingerprint density at radius 3 is 2.89 bits per heavy atom. The van der Waals surface area contributed by atoms with E-state index in [0.717, 1.165) is 31.4 Å². The van der Waals surface area contributed by atoms with E-state index < -0.39 is 6.04 Å². The molecule has 0 saturated carbocycles. The molecule has 0 spiro atoms. The Bertz CT molecular complexity index is 375. The minimum atomic E-state index is -0.587. The molecular formula is C14H20N2O2. The van der Waals surface area contributed by atoms with Gasteiger partial charge in [-0.25, -0.2) is 0 Å². The minimum absolute atomic E-state index is 0.126. The first kappa shape index (κ1) is 13.1. The zero-order chi connectivity index (χ0) is 12.8. The summed E-state index contributed by atoms with van der Waals surface area (Å²) < 4.78 is 5.50. The Morgan fingerprint density at radius 1 is 1.44 bits per heavy atom. The molecule has 2 atom stereocenters. The Morgan fingerprint density at radius 2 is 2.22 bits per heavy atom. The molecule has 1 aliphatic rings. The molecule has 1 fully saturated rings. The summed E-state index contributed by atoms with van der Waals surface area (Å²) in [6, 6.07) is 8.82. The van der Waals surface area contributed by atoms with Crippen LogP contribution in [0.25, 0.3) is 0 Å². The maximum Gasteiger partial charge on any atom is 0.241 e. The number of hydrogen-bond donors (Lipinski definition) is 2. The third kappa shape index (κ3) is 3.55. The molecule has 0 radical (unpaired) electrons. The van der Waals surface area contributed by atoms with Crippen molar-refractivity contribution in [2.24, 2.45) is 5.73 Å². The van der Waals surface area contributed by atoms with E-state index in [0.29, 0.717) is 12.6 Å². The summed E-state index contributed by atoms with van der Waals surface area (Å²) >= 11 is 0. The normalized spacial score (nSPS) is 20.6. The molecule has 1 aromatic rings. The second-order valence-corrected chi connectivity index (χ2v) is 4.60. The lowest BCUT2D eigenvalue weighted by atomic mass is 10.1. The lowest BCUT2D eigenvalue weighted by molar-refractivity contribution is -0.122. The Kier molecular flexibility index (Phi) is 4.73. The maximum atomic E-state index is 11.8. The molecule has 18 heavy (non-hydrogen) atoms. The molecule has 0 aromatic heterocycles. The lowest BCUT2D eigenvalue weighted by Crippen LogP contribution is -2.35. The van der Waals surface area contributed by atoms with Gasteiger partial charge < -0.3 is 15.8 Å². The van der Waals surface area contributed by atoms with Crippen LogP contribution in [0, 0.1) is 0 Å². The van der Waals surface area contributed by atoms with Crippen LogP contribution in [0.4, 0.5) is 0 Å². The molecule has 1 amide bonds. The molecular weight excluding hydrogens is 228 g/mol. The third-order valence-electron chi connectivity index (χ3n) is 3.23.